The van der Waals surface area contributed by atoms with Gasteiger partial charge in [-0.25, -0.2) is 9.97 Å². The van der Waals surface area contributed by atoms with Crippen molar-refractivity contribution in [2.45, 2.75) is 19.1 Å². The summed E-state index contributed by atoms with van der Waals surface area (Å²) in [6.45, 7) is 0.111. The minimum absolute atomic E-state index is 0.111. The van der Waals surface area contributed by atoms with Crippen molar-refractivity contribution in [1.82, 2.24) is 15.3 Å². The maximum Gasteiger partial charge on any atom is 0.416 e. The maximum atomic E-state index is 12.7. The van der Waals surface area contributed by atoms with Crippen molar-refractivity contribution in [3.8, 4) is 0 Å². The predicted octanol–water partition coefficient (Wildman–Crippen LogP) is 2.42. The minimum atomic E-state index is -4.42. The van der Waals surface area contributed by atoms with Gasteiger partial charge in [0, 0.05) is 20.3 Å². The molecule has 0 atom stereocenters. The minimum Gasteiger partial charge on any atom is -0.363 e. The van der Waals surface area contributed by atoms with Gasteiger partial charge >= 0.3 is 6.18 Å². The Balaban J connectivity index is 1.95. The van der Waals surface area contributed by atoms with Gasteiger partial charge in [-0.2, -0.15) is 13.2 Å². The predicted molar refractivity (Wildman–Crippen MR) is 83.4 cm³/mol. The number of anilines is 1. The van der Waals surface area contributed by atoms with E-state index in [2.05, 4.69) is 15.3 Å². The highest BCUT2D eigenvalue weighted by molar-refractivity contribution is 5.78. The van der Waals surface area contributed by atoms with Crippen LogP contribution in [0.3, 0.4) is 0 Å². The summed E-state index contributed by atoms with van der Waals surface area (Å²) in [6.07, 6.45) is -2.99. The zero-order chi connectivity index (χ0) is 17.7. The molecule has 0 saturated carbocycles. The largest absolute Gasteiger partial charge is 0.416 e. The van der Waals surface area contributed by atoms with E-state index in [-0.39, 0.29) is 13.0 Å². The van der Waals surface area contributed by atoms with Gasteiger partial charge in [0.1, 0.15) is 11.6 Å². The van der Waals surface area contributed by atoms with Gasteiger partial charge in [-0.15, -0.1) is 0 Å². The summed E-state index contributed by atoms with van der Waals surface area (Å²) in [5.41, 5.74) is -0.472. The lowest BCUT2D eigenvalue weighted by Gasteiger charge is -2.12. The van der Waals surface area contributed by atoms with Gasteiger partial charge in [-0.1, -0.05) is 18.2 Å². The zero-order valence-electron chi connectivity index (χ0n) is 13.3. The van der Waals surface area contributed by atoms with Gasteiger partial charge in [0.05, 0.1) is 18.5 Å². The molecule has 0 aliphatic heterocycles. The molecule has 2 aromatic rings. The molecule has 24 heavy (non-hydrogen) atoms. The van der Waals surface area contributed by atoms with Crippen molar-refractivity contribution in [2.24, 2.45) is 0 Å². The number of amides is 1. The smallest absolute Gasteiger partial charge is 0.363 e. The molecule has 1 heterocycles. The fourth-order valence-electron chi connectivity index (χ4n) is 2.01. The summed E-state index contributed by atoms with van der Waals surface area (Å²) in [5, 5.41) is 2.61. The average Bonchev–Trinajstić information content (AvgIpc) is 2.52. The van der Waals surface area contributed by atoms with Crippen LogP contribution in [0.2, 0.25) is 0 Å². The normalized spacial score (nSPS) is 11.2. The van der Waals surface area contributed by atoms with Gasteiger partial charge in [-0.3, -0.25) is 4.79 Å². The second-order valence-corrected chi connectivity index (χ2v) is 5.38. The lowest BCUT2D eigenvalue weighted by molar-refractivity contribution is -0.137. The van der Waals surface area contributed by atoms with Crippen molar-refractivity contribution in [1.29, 1.82) is 0 Å². The molecule has 0 bridgehead atoms. The fraction of sp³-hybridized carbons (Fsp3) is 0.312. The molecule has 0 saturated heterocycles. The lowest BCUT2D eigenvalue weighted by atomic mass is 10.1. The molecule has 0 unspecified atom stereocenters. The zero-order valence-corrected chi connectivity index (χ0v) is 13.3. The third kappa shape index (κ3) is 4.94. The third-order valence-electron chi connectivity index (χ3n) is 3.21. The summed E-state index contributed by atoms with van der Waals surface area (Å²) in [5.74, 6) is 0.735. The Kier molecular flexibility index (Phi) is 5.38. The Morgan fingerprint density at radius 2 is 2.00 bits per heavy atom. The number of benzene rings is 1. The van der Waals surface area contributed by atoms with E-state index in [1.807, 2.05) is 14.1 Å². The molecule has 8 heteroatoms. The molecule has 0 aliphatic rings. The van der Waals surface area contributed by atoms with E-state index < -0.39 is 17.6 Å². The summed E-state index contributed by atoms with van der Waals surface area (Å²) >= 11 is 0. The first kappa shape index (κ1) is 17.7. The first-order chi connectivity index (χ1) is 11.3. The Bertz CT molecular complexity index is 716. The summed E-state index contributed by atoms with van der Waals surface area (Å²) in [7, 11) is 3.66. The number of nitrogens with one attached hydrogen (secondary N) is 1. The van der Waals surface area contributed by atoms with Gasteiger partial charge < -0.3 is 10.2 Å². The fourth-order valence-corrected chi connectivity index (χ4v) is 2.01. The third-order valence-corrected chi connectivity index (χ3v) is 3.21. The molecule has 2 rings (SSSR count). The van der Waals surface area contributed by atoms with Crippen molar-refractivity contribution >= 4 is 11.7 Å². The highest BCUT2D eigenvalue weighted by Gasteiger charge is 2.30. The van der Waals surface area contributed by atoms with E-state index in [1.54, 1.807) is 17.2 Å². The van der Waals surface area contributed by atoms with Crippen molar-refractivity contribution in [2.75, 3.05) is 19.0 Å². The number of carbonyl (C=O) groups excluding carboxylic acids is 1. The molecule has 0 radical (unpaired) electrons. The first-order valence-corrected chi connectivity index (χ1v) is 7.18. The van der Waals surface area contributed by atoms with E-state index >= 15 is 0 Å². The monoisotopic (exact) mass is 338 g/mol. The summed E-state index contributed by atoms with van der Waals surface area (Å²) < 4.78 is 38.0. The van der Waals surface area contributed by atoms with Gasteiger partial charge in [0.2, 0.25) is 5.91 Å². The number of nitrogens with zero attached hydrogens (tertiary/aromatic N) is 3. The number of alkyl halides is 3. The molecule has 0 fully saturated rings. The van der Waals surface area contributed by atoms with E-state index in [4.69, 9.17) is 0 Å². The Morgan fingerprint density at radius 1 is 1.25 bits per heavy atom. The van der Waals surface area contributed by atoms with E-state index in [9.17, 15) is 18.0 Å². The van der Waals surface area contributed by atoms with Crippen molar-refractivity contribution in [3.05, 3.63) is 53.5 Å². The van der Waals surface area contributed by atoms with Crippen LogP contribution >= 0.6 is 0 Å². The SMILES string of the molecule is CN(C)c1ccnc(CNC(=O)Cc2cccc(C(F)(F)F)c2)n1. The van der Waals surface area contributed by atoms with Crippen LogP contribution in [0.1, 0.15) is 17.0 Å². The summed E-state index contributed by atoms with van der Waals surface area (Å²) in [6, 6.07) is 6.45. The van der Waals surface area contributed by atoms with Crippen LogP contribution in [-0.4, -0.2) is 30.0 Å². The number of halogens is 3. The van der Waals surface area contributed by atoms with E-state index in [0.717, 1.165) is 12.1 Å². The lowest BCUT2D eigenvalue weighted by Crippen LogP contribution is -2.26. The second-order valence-electron chi connectivity index (χ2n) is 5.38. The van der Waals surface area contributed by atoms with Crippen LogP contribution in [0.15, 0.2) is 36.5 Å². The topological polar surface area (TPSA) is 58.1 Å². The number of hydrogen-bond acceptors (Lipinski definition) is 4. The van der Waals surface area contributed by atoms with Crippen LogP contribution in [0.4, 0.5) is 19.0 Å². The van der Waals surface area contributed by atoms with Gasteiger partial charge in [0.15, 0.2) is 0 Å². The van der Waals surface area contributed by atoms with Crippen molar-refractivity contribution in [3.63, 3.8) is 0 Å². The standard InChI is InChI=1S/C16H17F3N4O/c1-23(2)14-6-7-20-13(22-14)10-21-15(24)9-11-4-3-5-12(8-11)16(17,18)19/h3-8H,9-10H2,1-2H3,(H,21,24). The average molecular weight is 338 g/mol. The summed E-state index contributed by atoms with van der Waals surface area (Å²) in [4.78, 5) is 22.0. The molecule has 1 amide bonds. The quantitative estimate of drug-likeness (QED) is 0.910. The molecule has 0 aliphatic carbocycles. The molecule has 1 aromatic heterocycles. The Morgan fingerprint density at radius 3 is 2.67 bits per heavy atom. The molecular weight excluding hydrogens is 321 g/mol. The molecule has 5 nitrogen and oxygen atoms in total. The Labute approximate surface area is 137 Å². The van der Waals surface area contributed by atoms with Gasteiger partial charge in [-0.05, 0) is 17.7 Å². The molecular formula is C16H17F3N4O. The maximum absolute atomic E-state index is 12.7. The Hall–Kier alpha value is -2.64. The number of carbonyl (C=O) groups is 1. The van der Waals surface area contributed by atoms with Crippen LogP contribution in [0.25, 0.3) is 0 Å². The number of aromatic nitrogens is 2. The van der Waals surface area contributed by atoms with Crippen LogP contribution in [-0.2, 0) is 23.9 Å². The van der Waals surface area contributed by atoms with Crippen LogP contribution in [0, 0.1) is 0 Å². The number of hydrogen-bond donors (Lipinski definition) is 1. The molecule has 0 spiro atoms. The van der Waals surface area contributed by atoms with E-state index in [0.29, 0.717) is 17.2 Å². The highest BCUT2D eigenvalue weighted by Crippen LogP contribution is 2.29. The molecule has 128 valence electrons. The molecule has 1 aromatic carbocycles. The van der Waals surface area contributed by atoms with Crippen LogP contribution < -0.4 is 10.2 Å². The van der Waals surface area contributed by atoms with E-state index in [1.165, 1.54) is 12.1 Å². The number of rotatable bonds is 5. The van der Waals surface area contributed by atoms with Crippen LogP contribution in [0.5, 0.6) is 0 Å². The molecule has 1 N–H and O–H groups in total. The first-order valence-electron chi connectivity index (χ1n) is 7.18. The van der Waals surface area contributed by atoms with Crippen molar-refractivity contribution < 1.29 is 18.0 Å². The highest BCUT2D eigenvalue weighted by atomic mass is 19.4. The second kappa shape index (κ2) is 7.29. The van der Waals surface area contributed by atoms with Gasteiger partial charge in [0.25, 0.3) is 0 Å².